The standard InChI is InChI=1S/C21H20N4O/c1-12(14-7-6-13-8-9-23-18(13)10-14)21(20(22)26)11-15(21)19-24-16-4-2-3-5-17(16)25-19/h2-10,12,15,23H,11H2,1H3,(H2,22,26)(H,24,25)/t12-,15?,21?/m1/s1. The number of aromatic amines is 2. The monoisotopic (exact) mass is 344 g/mol. The summed E-state index contributed by atoms with van der Waals surface area (Å²) >= 11 is 0. The molecule has 26 heavy (non-hydrogen) atoms. The molecule has 2 unspecified atom stereocenters. The molecular weight excluding hydrogens is 324 g/mol. The van der Waals surface area contributed by atoms with Crippen molar-refractivity contribution in [2.75, 3.05) is 0 Å². The molecule has 2 heterocycles. The molecule has 0 spiro atoms. The van der Waals surface area contributed by atoms with Gasteiger partial charge in [0.15, 0.2) is 0 Å². The van der Waals surface area contributed by atoms with E-state index in [9.17, 15) is 4.79 Å². The quantitative estimate of drug-likeness (QED) is 0.526. The van der Waals surface area contributed by atoms with Crippen LogP contribution >= 0.6 is 0 Å². The van der Waals surface area contributed by atoms with Crippen LogP contribution in [0.4, 0.5) is 0 Å². The van der Waals surface area contributed by atoms with Crippen LogP contribution in [-0.2, 0) is 4.79 Å². The molecular formula is C21H20N4O. The molecule has 2 aromatic heterocycles. The first-order valence-corrected chi connectivity index (χ1v) is 8.91. The lowest BCUT2D eigenvalue weighted by Crippen LogP contribution is -2.31. The SMILES string of the molecule is C[C@H](c1ccc2cc[nH]c2c1)C1(C(N)=O)CC1c1nc2ccccc2[nH]1. The third-order valence-electron chi connectivity index (χ3n) is 6.05. The topological polar surface area (TPSA) is 87.6 Å². The Labute approximate surface area is 150 Å². The molecule has 0 radical (unpaired) electrons. The van der Waals surface area contributed by atoms with Crippen LogP contribution in [-0.4, -0.2) is 20.9 Å². The summed E-state index contributed by atoms with van der Waals surface area (Å²) in [5, 5.41) is 1.17. The van der Waals surface area contributed by atoms with Crippen molar-refractivity contribution in [2.24, 2.45) is 11.1 Å². The zero-order valence-electron chi connectivity index (χ0n) is 14.5. The zero-order valence-corrected chi connectivity index (χ0v) is 14.5. The Bertz CT molecular complexity index is 1110. The number of carbonyl (C=O) groups excluding carboxylic acids is 1. The first kappa shape index (κ1) is 15.2. The van der Waals surface area contributed by atoms with Crippen molar-refractivity contribution >= 4 is 27.8 Å². The second-order valence-electron chi connectivity index (χ2n) is 7.35. The molecule has 1 saturated carbocycles. The molecule has 4 N–H and O–H groups in total. The second-order valence-corrected chi connectivity index (χ2v) is 7.35. The molecule has 3 atom stereocenters. The lowest BCUT2D eigenvalue weighted by atomic mass is 9.82. The number of carbonyl (C=O) groups is 1. The zero-order chi connectivity index (χ0) is 17.9. The van der Waals surface area contributed by atoms with Crippen LogP contribution in [0.15, 0.2) is 54.7 Å². The maximum Gasteiger partial charge on any atom is 0.225 e. The number of hydrogen-bond acceptors (Lipinski definition) is 2. The maximum absolute atomic E-state index is 12.5. The Hall–Kier alpha value is -3.08. The molecule has 5 heteroatoms. The summed E-state index contributed by atoms with van der Waals surface area (Å²) < 4.78 is 0. The van der Waals surface area contributed by atoms with Gasteiger partial charge in [-0.2, -0.15) is 0 Å². The maximum atomic E-state index is 12.5. The number of para-hydroxylation sites is 2. The number of imidazole rings is 1. The number of fused-ring (bicyclic) bond motifs is 2. The number of aromatic nitrogens is 3. The van der Waals surface area contributed by atoms with E-state index in [1.807, 2.05) is 36.5 Å². The van der Waals surface area contributed by atoms with Gasteiger partial charge in [0, 0.05) is 17.6 Å². The highest BCUT2D eigenvalue weighted by Gasteiger charge is 2.64. The summed E-state index contributed by atoms with van der Waals surface area (Å²) in [6.45, 7) is 2.09. The van der Waals surface area contributed by atoms with Gasteiger partial charge in [-0.05, 0) is 47.6 Å². The van der Waals surface area contributed by atoms with Crippen molar-refractivity contribution < 1.29 is 4.79 Å². The van der Waals surface area contributed by atoms with Crippen molar-refractivity contribution in [3.05, 3.63) is 66.1 Å². The highest BCUT2D eigenvalue weighted by molar-refractivity contribution is 5.88. The Kier molecular flexibility index (Phi) is 3.04. The molecule has 130 valence electrons. The first-order chi connectivity index (χ1) is 12.6. The molecule has 4 aromatic rings. The minimum atomic E-state index is -0.589. The van der Waals surface area contributed by atoms with Gasteiger partial charge in [-0.25, -0.2) is 4.98 Å². The van der Waals surface area contributed by atoms with Crippen molar-refractivity contribution in [2.45, 2.75) is 25.2 Å². The number of benzene rings is 2. The number of rotatable bonds is 4. The third-order valence-corrected chi connectivity index (χ3v) is 6.05. The smallest absolute Gasteiger partial charge is 0.225 e. The molecule has 5 nitrogen and oxygen atoms in total. The van der Waals surface area contributed by atoms with E-state index < -0.39 is 5.41 Å². The van der Waals surface area contributed by atoms with Crippen LogP contribution in [0.3, 0.4) is 0 Å². The molecule has 1 amide bonds. The van der Waals surface area contributed by atoms with Gasteiger partial charge in [-0.1, -0.05) is 31.2 Å². The number of hydrogen-bond donors (Lipinski definition) is 3. The fraction of sp³-hybridized carbons (Fsp3) is 0.238. The highest BCUT2D eigenvalue weighted by Crippen LogP contribution is 2.65. The fourth-order valence-corrected chi connectivity index (χ4v) is 4.35. The molecule has 5 rings (SSSR count). The first-order valence-electron chi connectivity index (χ1n) is 8.91. The van der Waals surface area contributed by atoms with E-state index in [2.05, 4.69) is 35.1 Å². The number of primary amides is 1. The predicted octanol–water partition coefficient (Wildman–Crippen LogP) is 3.81. The van der Waals surface area contributed by atoms with Crippen LogP contribution in [0.5, 0.6) is 0 Å². The van der Waals surface area contributed by atoms with Crippen LogP contribution in [0.25, 0.3) is 21.9 Å². The minimum Gasteiger partial charge on any atom is -0.369 e. The van der Waals surface area contributed by atoms with Gasteiger partial charge in [0.05, 0.1) is 16.4 Å². The Morgan fingerprint density at radius 2 is 2.08 bits per heavy atom. The summed E-state index contributed by atoms with van der Waals surface area (Å²) in [6, 6.07) is 16.3. The molecule has 0 saturated heterocycles. The van der Waals surface area contributed by atoms with Gasteiger partial charge < -0.3 is 15.7 Å². The van der Waals surface area contributed by atoms with E-state index in [-0.39, 0.29) is 17.7 Å². The van der Waals surface area contributed by atoms with Gasteiger partial charge in [0.2, 0.25) is 5.91 Å². The second kappa shape index (κ2) is 5.21. The normalized spacial score (nSPS) is 23.3. The summed E-state index contributed by atoms with van der Waals surface area (Å²) in [5.41, 5.74) is 9.43. The molecule has 0 aliphatic heterocycles. The Morgan fingerprint density at radius 1 is 1.23 bits per heavy atom. The molecule has 2 aromatic carbocycles. The lowest BCUT2D eigenvalue weighted by molar-refractivity contribution is -0.124. The van der Waals surface area contributed by atoms with Gasteiger partial charge in [-0.3, -0.25) is 4.79 Å². The van der Waals surface area contributed by atoms with E-state index in [0.29, 0.717) is 0 Å². The van der Waals surface area contributed by atoms with Crippen LogP contribution in [0.1, 0.15) is 36.6 Å². The van der Waals surface area contributed by atoms with Crippen molar-refractivity contribution in [1.29, 1.82) is 0 Å². The predicted molar refractivity (Wildman–Crippen MR) is 102 cm³/mol. The summed E-state index contributed by atoms with van der Waals surface area (Å²) in [4.78, 5) is 23.8. The van der Waals surface area contributed by atoms with Crippen LogP contribution in [0.2, 0.25) is 0 Å². The number of H-pyrrole nitrogens is 2. The van der Waals surface area contributed by atoms with Crippen molar-refractivity contribution in [3.8, 4) is 0 Å². The van der Waals surface area contributed by atoms with Gasteiger partial charge in [-0.15, -0.1) is 0 Å². The van der Waals surface area contributed by atoms with Crippen molar-refractivity contribution in [3.63, 3.8) is 0 Å². The highest BCUT2D eigenvalue weighted by atomic mass is 16.1. The number of nitrogens with zero attached hydrogens (tertiary/aromatic N) is 1. The molecule has 0 bridgehead atoms. The van der Waals surface area contributed by atoms with E-state index in [4.69, 9.17) is 10.7 Å². The minimum absolute atomic E-state index is 0.0194. The summed E-state index contributed by atoms with van der Waals surface area (Å²) in [5.74, 6) is 0.660. The Morgan fingerprint density at radius 3 is 2.88 bits per heavy atom. The number of nitrogens with one attached hydrogen (secondary N) is 2. The van der Waals surface area contributed by atoms with Crippen LogP contribution < -0.4 is 5.73 Å². The molecule has 1 aliphatic rings. The molecule has 1 fully saturated rings. The number of amides is 1. The van der Waals surface area contributed by atoms with E-state index >= 15 is 0 Å². The summed E-state index contributed by atoms with van der Waals surface area (Å²) in [6.07, 6.45) is 2.66. The largest absolute Gasteiger partial charge is 0.369 e. The van der Waals surface area contributed by atoms with Crippen molar-refractivity contribution in [1.82, 2.24) is 15.0 Å². The van der Waals surface area contributed by atoms with E-state index in [1.165, 1.54) is 5.39 Å². The summed E-state index contributed by atoms with van der Waals surface area (Å²) in [7, 11) is 0. The fourth-order valence-electron chi connectivity index (χ4n) is 4.35. The van der Waals surface area contributed by atoms with Crippen LogP contribution in [0, 0.1) is 5.41 Å². The van der Waals surface area contributed by atoms with Gasteiger partial charge in [0.25, 0.3) is 0 Å². The molecule has 1 aliphatic carbocycles. The average molecular weight is 344 g/mol. The van der Waals surface area contributed by atoms with Gasteiger partial charge in [0.1, 0.15) is 5.82 Å². The Balaban J connectivity index is 1.54. The third kappa shape index (κ3) is 2.03. The van der Waals surface area contributed by atoms with E-state index in [1.54, 1.807) is 0 Å². The average Bonchev–Trinajstić information content (AvgIpc) is 3.01. The van der Waals surface area contributed by atoms with Gasteiger partial charge >= 0.3 is 0 Å². The van der Waals surface area contributed by atoms with E-state index in [0.717, 1.165) is 34.4 Å². The lowest BCUT2D eigenvalue weighted by Gasteiger charge is -2.22. The number of nitrogens with two attached hydrogens (primary N) is 1.